The average molecular weight is 1390 g/mol. The molecule has 20 nitrogen and oxygen atoms in total. The molecule has 2 N–H and O–H groups in total. The largest absolute Gasteiger partial charge is 0.457 e. The van der Waals surface area contributed by atoms with E-state index in [1.807, 2.05) is 100 Å². The fraction of sp³-hybridized carbons (Fsp3) is 0.214. The second-order valence-corrected chi connectivity index (χ2v) is 26.5. The summed E-state index contributed by atoms with van der Waals surface area (Å²) in [5.74, 6) is -6.57. The first-order chi connectivity index (χ1) is 50.0. The van der Waals surface area contributed by atoms with E-state index in [-0.39, 0.29) is 123 Å². The van der Waals surface area contributed by atoms with Crippen LogP contribution in [0.5, 0.6) is 57.8 Å². The number of benzene rings is 9. The third-order valence-corrected chi connectivity index (χ3v) is 18.6. The summed E-state index contributed by atoms with van der Waals surface area (Å²) in [6, 6.07) is 38.5. The first-order valence-corrected chi connectivity index (χ1v) is 34.5. The maximum atomic E-state index is 16.4. The maximum Gasteiger partial charge on any atom is 0.339 e. The summed E-state index contributed by atoms with van der Waals surface area (Å²) >= 11 is 0. The molecular formula is C84H74N6O14. The summed E-state index contributed by atoms with van der Waals surface area (Å²) in [6.07, 6.45) is 5.11. The first-order valence-electron chi connectivity index (χ1n) is 34.5. The van der Waals surface area contributed by atoms with Crippen LogP contribution in [0.15, 0.2) is 182 Å². The number of carbonyl (C=O) groups excluding carboxylic acids is 8. The predicted molar refractivity (Wildman–Crippen MR) is 396 cm³/mol. The van der Waals surface area contributed by atoms with Crippen LogP contribution in [0.3, 0.4) is 0 Å². The van der Waals surface area contributed by atoms with Crippen LogP contribution in [-0.4, -0.2) is 79.2 Å². The molecule has 2 aromatic heterocycles. The van der Waals surface area contributed by atoms with Gasteiger partial charge in [0.05, 0.1) is 22.3 Å². The Hall–Kier alpha value is -12.6. The number of carbonyl (C=O) groups is 8. The van der Waals surface area contributed by atoms with Crippen LogP contribution in [0.4, 0.5) is 11.4 Å². The Morgan fingerprint density at radius 2 is 0.673 bits per heavy atom. The molecule has 2 atom stereocenters. The van der Waals surface area contributed by atoms with Crippen molar-refractivity contribution in [2.24, 2.45) is 11.8 Å². The van der Waals surface area contributed by atoms with Gasteiger partial charge in [0.1, 0.15) is 58.1 Å². The number of aromatic nitrogens is 2. The molecule has 0 fully saturated rings. The van der Waals surface area contributed by atoms with Gasteiger partial charge in [0.2, 0.25) is 23.6 Å². The van der Waals surface area contributed by atoms with Crippen molar-refractivity contribution < 1.29 is 66.8 Å². The highest BCUT2D eigenvalue weighted by Gasteiger charge is 2.47. The van der Waals surface area contributed by atoms with Crippen LogP contribution in [-0.2, 0) is 44.9 Å². The molecule has 104 heavy (non-hydrogen) atoms. The summed E-state index contributed by atoms with van der Waals surface area (Å²) in [7, 11) is 0. The zero-order valence-electron chi connectivity index (χ0n) is 59.1. The molecule has 4 heterocycles. The van der Waals surface area contributed by atoms with Gasteiger partial charge < -0.3 is 39.1 Å². The number of pyridine rings is 2. The van der Waals surface area contributed by atoms with Crippen LogP contribution in [0.25, 0.3) is 43.1 Å². The number of nitrogens with zero attached hydrogens (tertiary/aromatic N) is 4. The molecule has 2 aliphatic heterocycles. The molecule has 20 heteroatoms. The number of rotatable bonds is 24. The molecule has 0 saturated heterocycles. The van der Waals surface area contributed by atoms with Crippen molar-refractivity contribution in [1.29, 1.82) is 0 Å². The number of hydrogen-bond acceptors (Lipinski definition) is 16. The van der Waals surface area contributed by atoms with E-state index >= 15 is 28.8 Å². The molecule has 0 bridgehead atoms. The summed E-state index contributed by atoms with van der Waals surface area (Å²) in [5, 5.41) is 7.50. The number of fused-ring (bicyclic) bond motifs is 2. The summed E-state index contributed by atoms with van der Waals surface area (Å²) in [6.45, 7) is 25.1. The van der Waals surface area contributed by atoms with Crippen molar-refractivity contribution in [2.45, 2.75) is 107 Å². The third kappa shape index (κ3) is 13.1. The van der Waals surface area contributed by atoms with Gasteiger partial charge >= 0.3 is 11.9 Å². The quantitative estimate of drug-likeness (QED) is 0.0188. The van der Waals surface area contributed by atoms with Gasteiger partial charge in [0.15, 0.2) is 0 Å². The monoisotopic (exact) mass is 1390 g/mol. The SMILES string of the molecule is C=C(C)C(=O)Oc1cc(NC(=O)C(C(C)C)N2C(=O)c3cc(Oc4cccc(CC)c4)c4c5c(Oc6cccc(CC)c6)cc6c7c(cc(Oc8cccc(CC)c8)c(c8c(Oc9cccc(CC)c9)cc(c3c48)C2=O)c75)C(=O)N(C(C(=O)Nc2ccnc(OC(=O)C(=C)C)c2)C(C)C)C6=O)ccn1. The van der Waals surface area contributed by atoms with Crippen molar-refractivity contribution in [1.82, 2.24) is 19.8 Å². The van der Waals surface area contributed by atoms with Gasteiger partial charge in [-0.1, -0.05) is 117 Å². The lowest BCUT2D eigenvalue weighted by Gasteiger charge is -2.37. The highest BCUT2D eigenvalue weighted by molar-refractivity contribution is 6.45. The fourth-order valence-electron chi connectivity index (χ4n) is 13.5. The molecular weight excluding hydrogens is 1320 g/mol. The van der Waals surface area contributed by atoms with Gasteiger partial charge in [-0.15, -0.1) is 0 Å². The molecule has 13 rings (SSSR count). The van der Waals surface area contributed by atoms with E-state index in [2.05, 4.69) is 33.8 Å². The van der Waals surface area contributed by atoms with Crippen LogP contribution in [0.1, 0.15) is 133 Å². The summed E-state index contributed by atoms with van der Waals surface area (Å²) < 4.78 is 39.9. The lowest BCUT2D eigenvalue weighted by Crippen LogP contribution is -2.54. The molecule has 524 valence electrons. The smallest absolute Gasteiger partial charge is 0.339 e. The highest BCUT2D eigenvalue weighted by atomic mass is 16.5. The van der Waals surface area contributed by atoms with Gasteiger partial charge in [-0.2, -0.15) is 0 Å². The minimum Gasteiger partial charge on any atom is -0.457 e. The predicted octanol–water partition coefficient (Wildman–Crippen LogP) is 17.4. The van der Waals surface area contributed by atoms with Crippen LogP contribution >= 0.6 is 0 Å². The molecule has 6 amide bonds. The summed E-state index contributed by atoms with van der Waals surface area (Å²) in [4.78, 5) is 131. The lowest BCUT2D eigenvalue weighted by atomic mass is 9.80. The summed E-state index contributed by atoms with van der Waals surface area (Å²) in [5.41, 5.74) is 3.96. The molecule has 2 aliphatic rings. The van der Waals surface area contributed by atoms with Gasteiger partial charge in [-0.25, -0.2) is 19.6 Å². The normalized spacial score (nSPS) is 13.2. The fourth-order valence-corrected chi connectivity index (χ4v) is 13.5. The molecule has 11 aromatic rings. The number of amides is 6. The molecule has 0 spiro atoms. The zero-order valence-corrected chi connectivity index (χ0v) is 59.1. The van der Waals surface area contributed by atoms with E-state index in [1.54, 1.807) is 76.2 Å². The van der Waals surface area contributed by atoms with E-state index in [4.69, 9.17) is 28.4 Å². The second kappa shape index (κ2) is 28.4. The van der Waals surface area contributed by atoms with Gasteiger partial charge in [0, 0.05) is 90.1 Å². The minimum absolute atomic E-state index is 0.0442. The van der Waals surface area contributed by atoms with Gasteiger partial charge in [-0.3, -0.25) is 38.6 Å². The van der Waals surface area contributed by atoms with Crippen LogP contribution < -0.4 is 39.1 Å². The van der Waals surface area contributed by atoms with E-state index in [0.717, 1.165) is 32.1 Å². The van der Waals surface area contributed by atoms with Crippen LogP contribution in [0.2, 0.25) is 0 Å². The van der Waals surface area contributed by atoms with Crippen LogP contribution in [0, 0.1) is 11.8 Å². The Kier molecular flexibility index (Phi) is 19.1. The van der Waals surface area contributed by atoms with Gasteiger partial charge in [-0.05, 0) is 159 Å². The molecule has 0 saturated carbocycles. The number of hydrogen-bond donors (Lipinski definition) is 2. The third-order valence-electron chi connectivity index (χ3n) is 18.6. The van der Waals surface area contributed by atoms with E-state index in [0.29, 0.717) is 48.7 Å². The number of imide groups is 2. The Bertz CT molecular complexity index is 4900. The zero-order chi connectivity index (χ0) is 73.7. The first kappa shape index (κ1) is 69.9. The van der Waals surface area contributed by atoms with Gasteiger partial charge in [0.25, 0.3) is 23.6 Å². The minimum atomic E-state index is -1.50. The number of nitrogens with one attached hydrogen (secondary N) is 2. The van der Waals surface area contributed by atoms with E-state index in [1.165, 1.54) is 50.5 Å². The van der Waals surface area contributed by atoms with Crippen molar-refractivity contribution in [3.63, 3.8) is 0 Å². The van der Waals surface area contributed by atoms with Crippen molar-refractivity contribution >= 4 is 102 Å². The molecule has 9 aromatic carbocycles. The van der Waals surface area contributed by atoms with E-state index in [9.17, 15) is 9.59 Å². The Morgan fingerprint density at radius 3 is 0.923 bits per heavy atom. The number of ether oxygens (including phenoxy) is 6. The van der Waals surface area contributed by atoms with Crippen molar-refractivity contribution in [3.05, 3.63) is 227 Å². The Balaban J connectivity index is 1.14. The molecule has 0 aliphatic carbocycles. The molecule has 0 radical (unpaired) electrons. The van der Waals surface area contributed by atoms with Crippen molar-refractivity contribution in [2.75, 3.05) is 10.6 Å². The maximum absolute atomic E-state index is 16.4. The number of anilines is 2. The Morgan fingerprint density at radius 1 is 0.394 bits per heavy atom. The second-order valence-electron chi connectivity index (χ2n) is 26.5. The standard InChI is InChI=1S/C84H74N6O14/c1-13-47-21-17-25-53(33-47)99-61-39-57-67-58(80(94)89(79(57)93)75(43(5)6)77(91)87-51-29-31-85-65(37-51)103-83(97)45(9)10)41-63(101-55-27-19-23-49(15-3)35-55)71-72-64(102-56-28-20-24-50(16-4)36-56)42-60-68-59(40-62(70(74(68)72)69(61)73(67)71)100-54-26-18-22-48(14-2)34-54)81(95)90(82(60)96)76(44(7)8)78(92)88-52-30-32-86-66(38-52)104-84(98)46(11)12/h17-44,75-76H,9,11,13-16H2,1-8,10,12H3,(H,85,87,91)(H,86,88,92). The van der Waals surface area contributed by atoms with Crippen molar-refractivity contribution in [3.8, 4) is 57.8 Å². The van der Waals surface area contributed by atoms with E-state index < -0.39 is 71.3 Å². The Labute approximate surface area is 599 Å². The highest BCUT2D eigenvalue weighted by Crippen LogP contribution is 2.58. The number of aryl methyl sites for hydroxylation is 4. The average Bonchev–Trinajstić information content (AvgIpc) is 0.670. The molecule has 2 unspecified atom stereocenters. The lowest BCUT2D eigenvalue weighted by molar-refractivity contribution is -0.131. The number of esters is 2. The topological polar surface area (TPSA) is 248 Å².